The lowest BCUT2D eigenvalue weighted by atomic mass is 10.2. The van der Waals surface area contributed by atoms with Gasteiger partial charge in [-0.2, -0.15) is 17.9 Å². The van der Waals surface area contributed by atoms with Crippen molar-refractivity contribution in [2.24, 2.45) is 0 Å². The highest BCUT2D eigenvalue weighted by atomic mass is 32.2. The lowest BCUT2D eigenvalue weighted by Gasteiger charge is -2.17. The number of benzene rings is 2. The normalized spacial score (nSPS) is 11.8. The highest BCUT2D eigenvalue weighted by molar-refractivity contribution is 7.89. The molecule has 0 aliphatic rings. The number of sulfonamides is 1. The van der Waals surface area contributed by atoms with Crippen LogP contribution in [0.25, 0.3) is 0 Å². The van der Waals surface area contributed by atoms with E-state index in [0.29, 0.717) is 17.7 Å². The van der Waals surface area contributed by atoms with Gasteiger partial charge in [-0.3, -0.25) is 9.59 Å². The molecule has 0 atom stereocenters. The Labute approximate surface area is 175 Å². The van der Waals surface area contributed by atoms with Gasteiger partial charge in [0.25, 0.3) is 5.91 Å². The third-order valence-corrected chi connectivity index (χ3v) is 5.39. The summed E-state index contributed by atoms with van der Waals surface area (Å²) in [6.07, 6.45) is -4.73. The van der Waals surface area contributed by atoms with Crippen LogP contribution in [0.1, 0.15) is 11.1 Å². The fraction of sp³-hybridized carbons (Fsp3) is 0.263. The van der Waals surface area contributed by atoms with E-state index in [0.717, 1.165) is 12.1 Å². The summed E-state index contributed by atoms with van der Waals surface area (Å²) in [4.78, 5) is 24.3. The van der Waals surface area contributed by atoms with Gasteiger partial charge in [0.1, 0.15) is 12.4 Å². The minimum Gasteiger partial charge on any atom is -0.455 e. The van der Waals surface area contributed by atoms with Gasteiger partial charge in [0, 0.05) is 13.6 Å². The number of alkyl halides is 3. The summed E-state index contributed by atoms with van der Waals surface area (Å²) in [5.74, 6) is -2.13. The lowest BCUT2D eigenvalue weighted by molar-refractivity contribution is -0.150. The quantitative estimate of drug-likeness (QED) is 0.480. The van der Waals surface area contributed by atoms with E-state index in [9.17, 15) is 35.6 Å². The number of amides is 1. The van der Waals surface area contributed by atoms with Gasteiger partial charge in [0.2, 0.25) is 10.0 Å². The van der Waals surface area contributed by atoms with E-state index in [2.05, 4.69) is 0 Å². The standard InChI is InChI=1S/C19H18F4N2O5S/c1-25(11-13-5-7-15(20)8-6-13)17(26)12-30-18(27)10-24-31(28,29)16-4-2-3-14(9-16)19(21,22)23/h2-9,24H,10-12H2,1H3. The van der Waals surface area contributed by atoms with Crippen LogP contribution in [0.15, 0.2) is 53.4 Å². The maximum absolute atomic E-state index is 12.9. The van der Waals surface area contributed by atoms with Gasteiger partial charge < -0.3 is 9.64 Å². The maximum Gasteiger partial charge on any atom is 0.416 e. The van der Waals surface area contributed by atoms with E-state index in [4.69, 9.17) is 4.74 Å². The first-order valence-electron chi connectivity index (χ1n) is 8.69. The van der Waals surface area contributed by atoms with Crippen molar-refractivity contribution in [2.75, 3.05) is 20.2 Å². The number of carbonyl (C=O) groups excluding carboxylic acids is 2. The Morgan fingerprint density at radius 2 is 1.74 bits per heavy atom. The highest BCUT2D eigenvalue weighted by Gasteiger charge is 2.31. The molecule has 2 aromatic rings. The summed E-state index contributed by atoms with van der Waals surface area (Å²) in [7, 11) is -2.99. The molecule has 1 N–H and O–H groups in total. The van der Waals surface area contributed by atoms with Gasteiger partial charge in [-0.1, -0.05) is 18.2 Å². The second-order valence-electron chi connectivity index (χ2n) is 6.39. The van der Waals surface area contributed by atoms with E-state index in [1.165, 1.54) is 36.2 Å². The summed E-state index contributed by atoms with van der Waals surface area (Å²) >= 11 is 0. The molecular weight excluding hydrogens is 444 g/mol. The van der Waals surface area contributed by atoms with Crippen LogP contribution in [0.5, 0.6) is 0 Å². The summed E-state index contributed by atoms with van der Waals surface area (Å²) in [6.45, 7) is -1.44. The van der Waals surface area contributed by atoms with Crippen LogP contribution in [0.4, 0.5) is 17.6 Å². The number of hydrogen-bond donors (Lipinski definition) is 1. The Kier molecular flexibility index (Phi) is 7.74. The molecule has 2 aromatic carbocycles. The zero-order valence-corrected chi connectivity index (χ0v) is 17.0. The first kappa shape index (κ1) is 24.3. The molecule has 0 saturated heterocycles. The summed E-state index contributed by atoms with van der Waals surface area (Å²) in [6, 6.07) is 8.42. The van der Waals surface area contributed by atoms with Gasteiger partial charge in [-0.15, -0.1) is 0 Å². The molecule has 0 aliphatic carbocycles. The number of carbonyl (C=O) groups is 2. The predicted molar refractivity (Wildman–Crippen MR) is 100 cm³/mol. The minimum absolute atomic E-state index is 0.124. The minimum atomic E-state index is -4.73. The zero-order valence-electron chi connectivity index (χ0n) is 16.1. The molecule has 31 heavy (non-hydrogen) atoms. The molecule has 0 unspecified atom stereocenters. The molecule has 0 aliphatic heterocycles. The van der Waals surface area contributed by atoms with Crippen molar-refractivity contribution in [2.45, 2.75) is 17.6 Å². The fourth-order valence-corrected chi connectivity index (χ4v) is 3.35. The monoisotopic (exact) mass is 462 g/mol. The molecular formula is C19H18F4N2O5S. The maximum atomic E-state index is 12.9. The summed E-state index contributed by atoms with van der Waals surface area (Å²) < 4.78 is 81.8. The molecule has 7 nitrogen and oxygen atoms in total. The van der Waals surface area contributed by atoms with Crippen LogP contribution >= 0.6 is 0 Å². The van der Waals surface area contributed by atoms with Crippen molar-refractivity contribution in [1.82, 2.24) is 9.62 Å². The molecule has 0 radical (unpaired) electrons. The predicted octanol–water partition coefficient (Wildman–Crippen LogP) is 2.32. The number of nitrogens with zero attached hydrogens (tertiary/aromatic N) is 1. The van der Waals surface area contributed by atoms with Crippen LogP contribution in [0.2, 0.25) is 0 Å². The number of likely N-dealkylation sites (N-methyl/N-ethyl adjacent to an activating group) is 1. The summed E-state index contributed by atoms with van der Waals surface area (Å²) in [5, 5.41) is 0. The van der Waals surface area contributed by atoms with E-state index in [-0.39, 0.29) is 6.54 Å². The molecule has 2 rings (SSSR count). The van der Waals surface area contributed by atoms with E-state index in [1.807, 2.05) is 4.72 Å². The largest absolute Gasteiger partial charge is 0.455 e. The van der Waals surface area contributed by atoms with Crippen LogP contribution in [-0.4, -0.2) is 45.4 Å². The number of hydrogen-bond acceptors (Lipinski definition) is 5. The van der Waals surface area contributed by atoms with Gasteiger partial charge in [0.15, 0.2) is 6.61 Å². The van der Waals surface area contributed by atoms with Crippen molar-refractivity contribution >= 4 is 21.9 Å². The van der Waals surface area contributed by atoms with E-state index < -0.39 is 57.5 Å². The Morgan fingerprint density at radius 3 is 2.35 bits per heavy atom. The smallest absolute Gasteiger partial charge is 0.416 e. The van der Waals surface area contributed by atoms with Gasteiger partial charge in [-0.25, -0.2) is 12.8 Å². The third-order valence-electron chi connectivity index (χ3n) is 3.99. The first-order chi connectivity index (χ1) is 14.4. The van der Waals surface area contributed by atoms with Crippen LogP contribution in [0, 0.1) is 5.82 Å². The first-order valence-corrected chi connectivity index (χ1v) is 10.2. The van der Waals surface area contributed by atoms with Crippen LogP contribution in [-0.2, 0) is 37.1 Å². The molecule has 0 heterocycles. The fourth-order valence-electron chi connectivity index (χ4n) is 2.33. The SMILES string of the molecule is CN(Cc1ccc(F)cc1)C(=O)COC(=O)CNS(=O)(=O)c1cccc(C(F)(F)F)c1. The van der Waals surface area contributed by atoms with Crippen molar-refractivity contribution < 1.29 is 40.3 Å². The molecule has 168 valence electrons. The number of halogens is 4. The van der Waals surface area contributed by atoms with Crippen molar-refractivity contribution in [3.8, 4) is 0 Å². The van der Waals surface area contributed by atoms with Crippen LogP contribution in [0.3, 0.4) is 0 Å². The number of nitrogens with one attached hydrogen (secondary N) is 1. The van der Waals surface area contributed by atoms with Crippen molar-refractivity contribution in [3.05, 3.63) is 65.5 Å². The molecule has 12 heteroatoms. The summed E-state index contributed by atoms with van der Waals surface area (Å²) in [5.41, 5.74) is -0.523. The third kappa shape index (κ3) is 7.33. The van der Waals surface area contributed by atoms with Crippen LogP contribution < -0.4 is 4.72 Å². The van der Waals surface area contributed by atoms with Crippen molar-refractivity contribution in [3.63, 3.8) is 0 Å². The lowest BCUT2D eigenvalue weighted by Crippen LogP contribution is -2.34. The molecule has 0 fully saturated rings. The number of esters is 1. The topological polar surface area (TPSA) is 92.8 Å². The molecule has 1 amide bonds. The van der Waals surface area contributed by atoms with Gasteiger partial charge in [-0.05, 0) is 35.9 Å². The average molecular weight is 462 g/mol. The second kappa shape index (κ2) is 9.88. The van der Waals surface area contributed by atoms with Gasteiger partial charge >= 0.3 is 12.1 Å². The van der Waals surface area contributed by atoms with E-state index >= 15 is 0 Å². The molecule has 0 bridgehead atoms. The number of ether oxygens (including phenoxy) is 1. The Morgan fingerprint density at radius 1 is 1.10 bits per heavy atom. The molecule has 0 spiro atoms. The Balaban J connectivity index is 1.85. The molecule has 0 saturated carbocycles. The highest BCUT2D eigenvalue weighted by Crippen LogP contribution is 2.30. The van der Waals surface area contributed by atoms with Gasteiger partial charge in [0.05, 0.1) is 10.5 Å². The van der Waals surface area contributed by atoms with E-state index in [1.54, 1.807) is 0 Å². The number of rotatable bonds is 8. The Hall–Kier alpha value is -2.99. The second-order valence-corrected chi connectivity index (χ2v) is 8.15. The van der Waals surface area contributed by atoms with Crippen molar-refractivity contribution in [1.29, 1.82) is 0 Å². The zero-order chi connectivity index (χ0) is 23.2. The molecule has 0 aromatic heterocycles. The Bertz CT molecular complexity index is 1040. The average Bonchev–Trinajstić information content (AvgIpc) is 2.71.